The number of hydrogen-bond acceptors (Lipinski definition) is 9. The van der Waals surface area contributed by atoms with E-state index in [4.69, 9.17) is 15.2 Å². The molecule has 9 heteroatoms. The molecule has 35 heavy (non-hydrogen) atoms. The molecule has 0 fully saturated rings. The Hall–Kier alpha value is -3.40. The Bertz CT molecular complexity index is 1300. The first-order chi connectivity index (χ1) is 16.8. The fourth-order valence-corrected chi connectivity index (χ4v) is 5.20. The average Bonchev–Trinajstić information content (AvgIpc) is 2.85. The number of aromatic nitrogens is 1. The van der Waals surface area contributed by atoms with E-state index >= 15 is 0 Å². The lowest BCUT2D eigenvalue weighted by Crippen LogP contribution is -2.27. The molecular formula is C26H26N4O3S2. The number of aryl methyl sites for hydroxylation is 1. The van der Waals surface area contributed by atoms with Gasteiger partial charge in [-0.2, -0.15) is 10.5 Å². The molecule has 2 heterocycles. The largest absolute Gasteiger partial charge is 0.463 e. The van der Waals surface area contributed by atoms with Gasteiger partial charge in [-0.15, -0.1) is 11.8 Å². The van der Waals surface area contributed by atoms with Crippen molar-refractivity contribution in [1.82, 2.24) is 4.98 Å². The molecule has 2 aromatic rings. The quantitative estimate of drug-likeness (QED) is 0.407. The zero-order valence-electron chi connectivity index (χ0n) is 20.3. The summed E-state index contributed by atoms with van der Waals surface area (Å²) in [5, 5.41) is 20.1. The van der Waals surface area contributed by atoms with E-state index in [0.29, 0.717) is 10.6 Å². The van der Waals surface area contributed by atoms with Gasteiger partial charge in [-0.1, -0.05) is 23.9 Å². The molecule has 1 aromatic carbocycles. The predicted octanol–water partition coefficient (Wildman–Crippen LogP) is 5.02. The van der Waals surface area contributed by atoms with E-state index in [0.717, 1.165) is 27.3 Å². The van der Waals surface area contributed by atoms with Crippen molar-refractivity contribution in [1.29, 1.82) is 10.5 Å². The highest BCUT2D eigenvalue weighted by Crippen LogP contribution is 2.41. The van der Waals surface area contributed by atoms with Crippen molar-refractivity contribution in [2.24, 2.45) is 5.73 Å². The summed E-state index contributed by atoms with van der Waals surface area (Å²) in [6.45, 7) is 7.59. The highest BCUT2D eigenvalue weighted by Gasteiger charge is 2.37. The third-order valence-electron chi connectivity index (χ3n) is 5.86. The van der Waals surface area contributed by atoms with Crippen LogP contribution >= 0.6 is 23.5 Å². The van der Waals surface area contributed by atoms with E-state index in [1.165, 1.54) is 11.8 Å². The maximum Gasteiger partial charge on any atom is 0.338 e. The second-order valence-electron chi connectivity index (χ2n) is 7.78. The van der Waals surface area contributed by atoms with Crippen LogP contribution in [0, 0.1) is 43.4 Å². The van der Waals surface area contributed by atoms with Gasteiger partial charge in [-0.05, 0) is 62.8 Å². The molecule has 0 saturated heterocycles. The molecule has 0 bridgehead atoms. The van der Waals surface area contributed by atoms with E-state index in [-0.39, 0.29) is 35.1 Å². The average molecular weight is 507 g/mol. The molecule has 2 N–H and O–H groups in total. The second kappa shape index (κ2) is 11.4. The van der Waals surface area contributed by atoms with Gasteiger partial charge in [0.15, 0.2) is 0 Å². The van der Waals surface area contributed by atoms with Crippen molar-refractivity contribution in [2.45, 2.75) is 43.5 Å². The third-order valence-corrected chi connectivity index (χ3v) is 7.58. The van der Waals surface area contributed by atoms with Crippen LogP contribution in [0.15, 0.2) is 57.0 Å². The van der Waals surface area contributed by atoms with E-state index in [2.05, 4.69) is 17.1 Å². The van der Waals surface area contributed by atoms with Crippen LogP contribution in [-0.4, -0.2) is 29.6 Å². The standard InChI is InChI=1S/C26H26N4O3S2/c1-6-32-26(31)23-21(13-35-25-19(11-27)15(3)14(2)16(4)30-25)33-24(29)20(12-28)22(23)17-7-9-18(34-5)10-8-17/h7-10,22H,6,13,29H2,1-5H3/t22-/m1/s1. The minimum atomic E-state index is -0.732. The van der Waals surface area contributed by atoms with Crippen LogP contribution < -0.4 is 5.73 Å². The zero-order valence-corrected chi connectivity index (χ0v) is 21.9. The van der Waals surface area contributed by atoms with Crippen LogP contribution in [0.5, 0.6) is 0 Å². The molecule has 0 spiro atoms. The molecule has 0 aliphatic carbocycles. The Kier molecular flexibility index (Phi) is 8.50. The molecule has 1 aliphatic heterocycles. The minimum absolute atomic E-state index is 0.0557. The van der Waals surface area contributed by atoms with E-state index in [1.807, 2.05) is 51.3 Å². The van der Waals surface area contributed by atoms with E-state index < -0.39 is 11.9 Å². The Morgan fingerprint density at radius 3 is 2.43 bits per heavy atom. The number of carbonyl (C=O) groups excluding carboxylic acids is 1. The van der Waals surface area contributed by atoms with Crippen molar-refractivity contribution in [3.05, 3.63) is 75.0 Å². The van der Waals surface area contributed by atoms with Gasteiger partial charge in [0.2, 0.25) is 5.88 Å². The SMILES string of the molecule is CCOC(=O)C1=C(CSc2nc(C)c(C)c(C)c2C#N)OC(N)=C(C#N)[C@H]1c1ccc(SC)cc1. The maximum absolute atomic E-state index is 13.2. The lowest BCUT2D eigenvalue weighted by Gasteiger charge is -2.28. The molecule has 1 aliphatic rings. The predicted molar refractivity (Wildman–Crippen MR) is 136 cm³/mol. The summed E-state index contributed by atoms with van der Waals surface area (Å²) >= 11 is 2.87. The Balaban J connectivity index is 2.12. The molecule has 0 amide bonds. The lowest BCUT2D eigenvalue weighted by atomic mass is 9.83. The van der Waals surface area contributed by atoms with Crippen molar-refractivity contribution >= 4 is 29.5 Å². The molecule has 1 aromatic heterocycles. The van der Waals surface area contributed by atoms with Gasteiger partial charge in [0.25, 0.3) is 0 Å². The molecule has 3 rings (SSSR count). The fraction of sp³-hybridized carbons (Fsp3) is 0.308. The van der Waals surface area contributed by atoms with Crippen LogP contribution in [0.1, 0.15) is 40.8 Å². The molecule has 7 nitrogen and oxygen atoms in total. The number of thioether (sulfide) groups is 2. The van der Waals surface area contributed by atoms with Gasteiger partial charge in [0, 0.05) is 10.6 Å². The number of nitrogens with two attached hydrogens (primary N) is 1. The first kappa shape index (κ1) is 26.2. The van der Waals surface area contributed by atoms with Crippen LogP contribution in [-0.2, 0) is 14.3 Å². The van der Waals surface area contributed by atoms with E-state index in [1.54, 1.807) is 18.7 Å². The van der Waals surface area contributed by atoms with Crippen molar-refractivity contribution in [2.75, 3.05) is 18.6 Å². The molecule has 0 radical (unpaired) electrons. The summed E-state index contributed by atoms with van der Waals surface area (Å²) in [6, 6.07) is 12.0. The highest BCUT2D eigenvalue weighted by molar-refractivity contribution is 7.99. The number of nitrogens with zero attached hydrogens (tertiary/aromatic N) is 3. The highest BCUT2D eigenvalue weighted by atomic mass is 32.2. The first-order valence-corrected chi connectivity index (χ1v) is 13.1. The summed E-state index contributed by atoms with van der Waals surface area (Å²) in [4.78, 5) is 18.8. The molecular weight excluding hydrogens is 480 g/mol. The molecule has 1 atom stereocenters. The number of hydrogen-bond donors (Lipinski definition) is 1. The van der Waals surface area contributed by atoms with Gasteiger partial charge in [-0.3, -0.25) is 0 Å². The molecule has 0 saturated carbocycles. The van der Waals surface area contributed by atoms with Crippen molar-refractivity contribution in [3.63, 3.8) is 0 Å². The summed E-state index contributed by atoms with van der Waals surface area (Å²) < 4.78 is 11.2. The van der Waals surface area contributed by atoms with Crippen LogP contribution in [0.3, 0.4) is 0 Å². The molecule has 180 valence electrons. The fourth-order valence-electron chi connectivity index (χ4n) is 3.77. The summed E-state index contributed by atoms with van der Waals surface area (Å²) in [5.41, 5.74) is 10.4. The number of ether oxygens (including phenoxy) is 2. The second-order valence-corrected chi connectivity index (χ2v) is 9.63. The lowest BCUT2D eigenvalue weighted by molar-refractivity contribution is -0.139. The van der Waals surface area contributed by atoms with Crippen LogP contribution in [0.2, 0.25) is 0 Å². The van der Waals surface area contributed by atoms with Gasteiger partial charge < -0.3 is 15.2 Å². The van der Waals surface area contributed by atoms with Crippen LogP contribution in [0.4, 0.5) is 0 Å². The number of nitriles is 2. The number of esters is 1. The number of benzene rings is 1. The third kappa shape index (κ3) is 5.32. The Morgan fingerprint density at radius 2 is 1.86 bits per heavy atom. The van der Waals surface area contributed by atoms with Gasteiger partial charge in [-0.25, -0.2) is 9.78 Å². The topological polar surface area (TPSA) is 122 Å². The number of carbonyl (C=O) groups is 1. The van der Waals surface area contributed by atoms with Gasteiger partial charge >= 0.3 is 5.97 Å². The van der Waals surface area contributed by atoms with E-state index in [9.17, 15) is 15.3 Å². The van der Waals surface area contributed by atoms with Crippen molar-refractivity contribution in [3.8, 4) is 12.1 Å². The van der Waals surface area contributed by atoms with Crippen molar-refractivity contribution < 1.29 is 14.3 Å². The van der Waals surface area contributed by atoms with Gasteiger partial charge in [0.05, 0.1) is 29.4 Å². The number of rotatable bonds is 7. The minimum Gasteiger partial charge on any atom is -0.463 e. The maximum atomic E-state index is 13.2. The molecule has 0 unspecified atom stereocenters. The summed E-state index contributed by atoms with van der Waals surface area (Å²) in [5.74, 6) is -0.905. The monoisotopic (exact) mass is 506 g/mol. The summed E-state index contributed by atoms with van der Waals surface area (Å²) in [6.07, 6.45) is 1.97. The normalized spacial score (nSPS) is 15.3. The summed E-state index contributed by atoms with van der Waals surface area (Å²) in [7, 11) is 0. The number of allylic oxidation sites excluding steroid dienone is 1. The smallest absolute Gasteiger partial charge is 0.338 e. The number of pyridine rings is 1. The zero-order chi connectivity index (χ0) is 25.7. The van der Waals surface area contributed by atoms with Crippen LogP contribution in [0.25, 0.3) is 0 Å². The van der Waals surface area contributed by atoms with Gasteiger partial charge in [0.1, 0.15) is 28.5 Å². The Morgan fingerprint density at radius 1 is 1.17 bits per heavy atom. The first-order valence-electron chi connectivity index (χ1n) is 10.9. The Labute approximate surface area is 214 Å².